The number of rotatable bonds is 4. The first kappa shape index (κ1) is 10.9. The van der Waals surface area contributed by atoms with Gasteiger partial charge in [0.15, 0.2) is 0 Å². The van der Waals surface area contributed by atoms with E-state index in [0.29, 0.717) is 6.54 Å². The molecule has 0 unspecified atom stereocenters. The molecule has 5 heteroatoms. The molecule has 2 heterocycles. The summed E-state index contributed by atoms with van der Waals surface area (Å²) in [6.07, 6.45) is 0. The van der Waals surface area contributed by atoms with Crippen LogP contribution in [0.15, 0.2) is 16.5 Å². The van der Waals surface area contributed by atoms with Crippen molar-refractivity contribution in [1.29, 1.82) is 0 Å². The first-order chi connectivity index (χ1) is 7.69. The second kappa shape index (κ2) is 4.49. The standard InChI is InChI=1S/C11H16N4O/c1-8-13-9(2)15(14-8)7-11-5-4-10(16-11)6-12-3/h4-5,12H,6-7H2,1-3H3. The highest BCUT2D eigenvalue weighted by molar-refractivity contribution is 5.07. The molecule has 0 saturated carbocycles. The number of nitrogens with zero attached hydrogens (tertiary/aromatic N) is 3. The Bertz CT molecular complexity index is 472. The third kappa shape index (κ3) is 2.30. The third-order valence-electron chi connectivity index (χ3n) is 2.34. The fourth-order valence-electron chi connectivity index (χ4n) is 1.64. The number of hydrogen-bond acceptors (Lipinski definition) is 4. The van der Waals surface area contributed by atoms with E-state index in [4.69, 9.17) is 4.42 Å². The minimum atomic E-state index is 0.635. The van der Waals surface area contributed by atoms with E-state index >= 15 is 0 Å². The van der Waals surface area contributed by atoms with Crippen LogP contribution in [0.2, 0.25) is 0 Å². The molecule has 0 amide bonds. The molecule has 2 aromatic rings. The minimum Gasteiger partial charge on any atom is -0.463 e. The summed E-state index contributed by atoms with van der Waals surface area (Å²) in [5.41, 5.74) is 0. The molecule has 1 N–H and O–H groups in total. The Morgan fingerprint density at radius 3 is 2.69 bits per heavy atom. The number of hydrogen-bond donors (Lipinski definition) is 1. The van der Waals surface area contributed by atoms with Crippen molar-refractivity contribution in [2.24, 2.45) is 0 Å². The highest BCUT2D eigenvalue weighted by Gasteiger charge is 2.06. The van der Waals surface area contributed by atoms with Gasteiger partial charge in [0.05, 0.1) is 6.54 Å². The summed E-state index contributed by atoms with van der Waals surface area (Å²) in [4.78, 5) is 4.25. The number of nitrogens with one attached hydrogen (secondary N) is 1. The molecule has 5 nitrogen and oxygen atoms in total. The molecule has 0 bridgehead atoms. The Labute approximate surface area is 94.5 Å². The van der Waals surface area contributed by atoms with Crippen molar-refractivity contribution in [2.75, 3.05) is 7.05 Å². The predicted octanol–water partition coefficient (Wildman–Crippen LogP) is 1.26. The van der Waals surface area contributed by atoms with Gasteiger partial charge in [0.1, 0.15) is 29.7 Å². The van der Waals surface area contributed by atoms with Gasteiger partial charge in [-0.2, -0.15) is 5.10 Å². The van der Waals surface area contributed by atoms with Gasteiger partial charge in [-0.25, -0.2) is 9.67 Å². The Kier molecular flexibility index (Phi) is 3.05. The normalized spacial score (nSPS) is 10.9. The van der Waals surface area contributed by atoms with Crippen LogP contribution in [0.1, 0.15) is 23.2 Å². The molecule has 0 atom stereocenters. The van der Waals surface area contributed by atoms with Gasteiger partial charge in [0.2, 0.25) is 0 Å². The van der Waals surface area contributed by atoms with Crippen LogP contribution in [0, 0.1) is 13.8 Å². The van der Waals surface area contributed by atoms with Crippen LogP contribution in [-0.2, 0) is 13.1 Å². The van der Waals surface area contributed by atoms with Crippen molar-refractivity contribution in [3.05, 3.63) is 35.3 Å². The van der Waals surface area contributed by atoms with Gasteiger partial charge in [-0.15, -0.1) is 0 Å². The minimum absolute atomic E-state index is 0.635. The van der Waals surface area contributed by atoms with Gasteiger partial charge in [-0.3, -0.25) is 0 Å². The summed E-state index contributed by atoms with van der Waals surface area (Å²) in [6.45, 7) is 5.21. The zero-order valence-electron chi connectivity index (χ0n) is 9.82. The van der Waals surface area contributed by atoms with E-state index in [9.17, 15) is 0 Å². The molecule has 16 heavy (non-hydrogen) atoms. The molecule has 0 saturated heterocycles. The number of aromatic nitrogens is 3. The SMILES string of the molecule is CNCc1ccc(Cn2nc(C)nc2C)o1. The molecule has 2 rings (SSSR count). The molecule has 0 aliphatic carbocycles. The molecule has 0 spiro atoms. The van der Waals surface area contributed by atoms with E-state index in [2.05, 4.69) is 15.4 Å². The predicted molar refractivity (Wildman–Crippen MR) is 60.1 cm³/mol. The van der Waals surface area contributed by atoms with Crippen LogP contribution < -0.4 is 5.32 Å². The van der Waals surface area contributed by atoms with E-state index in [-0.39, 0.29) is 0 Å². The highest BCUT2D eigenvalue weighted by Crippen LogP contribution is 2.10. The second-order valence-corrected chi connectivity index (χ2v) is 3.76. The van der Waals surface area contributed by atoms with Crippen molar-refractivity contribution in [1.82, 2.24) is 20.1 Å². The fraction of sp³-hybridized carbons (Fsp3) is 0.455. The van der Waals surface area contributed by atoms with Crippen LogP contribution in [0.25, 0.3) is 0 Å². The smallest absolute Gasteiger partial charge is 0.147 e. The monoisotopic (exact) mass is 220 g/mol. The first-order valence-corrected chi connectivity index (χ1v) is 5.29. The third-order valence-corrected chi connectivity index (χ3v) is 2.34. The lowest BCUT2D eigenvalue weighted by atomic mass is 10.4. The summed E-state index contributed by atoms with van der Waals surface area (Å²) < 4.78 is 7.49. The van der Waals surface area contributed by atoms with Crippen LogP contribution in [-0.4, -0.2) is 21.8 Å². The van der Waals surface area contributed by atoms with Gasteiger partial charge in [-0.1, -0.05) is 0 Å². The highest BCUT2D eigenvalue weighted by atomic mass is 16.3. The molecule has 0 aliphatic rings. The Morgan fingerprint density at radius 2 is 2.06 bits per heavy atom. The Morgan fingerprint density at radius 1 is 1.31 bits per heavy atom. The topological polar surface area (TPSA) is 55.9 Å². The molecule has 2 aromatic heterocycles. The van der Waals surface area contributed by atoms with Crippen molar-refractivity contribution >= 4 is 0 Å². The van der Waals surface area contributed by atoms with Gasteiger partial charge in [-0.05, 0) is 33.0 Å². The maximum Gasteiger partial charge on any atom is 0.147 e. The first-order valence-electron chi connectivity index (χ1n) is 5.29. The molecular formula is C11H16N4O. The molecule has 0 aliphatic heterocycles. The molecule has 86 valence electrons. The lowest BCUT2D eigenvalue weighted by molar-refractivity contribution is 0.433. The lowest BCUT2D eigenvalue weighted by Crippen LogP contribution is -2.04. The zero-order valence-corrected chi connectivity index (χ0v) is 9.82. The van der Waals surface area contributed by atoms with E-state index in [1.165, 1.54) is 0 Å². The summed E-state index contributed by atoms with van der Waals surface area (Å²) in [5, 5.41) is 7.34. The molecular weight excluding hydrogens is 204 g/mol. The number of aryl methyl sites for hydroxylation is 2. The van der Waals surface area contributed by atoms with Crippen LogP contribution >= 0.6 is 0 Å². The molecule has 0 radical (unpaired) electrons. The molecule has 0 fully saturated rings. The van der Waals surface area contributed by atoms with Crippen molar-refractivity contribution in [3.63, 3.8) is 0 Å². The van der Waals surface area contributed by atoms with Gasteiger partial charge in [0, 0.05) is 0 Å². The summed E-state index contributed by atoms with van der Waals surface area (Å²) >= 11 is 0. The Balaban J connectivity index is 2.11. The maximum atomic E-state index is 5.64. The summed E-state index contributed by atoms with van der Waals surface area (Å²) in [5.74, 6) is 3.54. The lowest BCUT2D eigenvalue weighted by Gasteiger charge is -1.99. The fourth-order valence-corrected chi connectivity index (χ4v) is 1.64. The van der Waals surface area contributed by atoms with Crippen LogP contribution in [0.3, 0.4) is 0 Å². The van der Waals surface area contributed by atoms with Gasteiger partial charge in [0.25, 0.3) is 0 Å². The van der Waals surface area contributed by atoms with Crippen molar-refractivity contribution < 1.29 is 4.42 Å². The average molecular weight is 220 g/mol. The number of furan rings is 1. The largest absolute Gasteiger partial charge is 0.463 e. The van der Waals surface area contributed by atoms with E-state index in [1.54, 1.807) is 0 Å². The van der Waals surface area contributed by atoms with E-state index in [1.807, 2.05) is 37.7 Å². The van der Waals surface area contributed by atoms with Crippen molar-refractivity contribution in [2.45, 2.75) is 26.9 Å². The summed E-state index contributed by atoms with van der Waals surface area (Å²) in [6, 6.07) is 3.95. The van der Waals surface area contributed by atoms with E-state index in [0.717, 1.165) is 29.7 Å². The Hall–Kier alpha value is -1.62. The van der Waals surface area contributed by atoms with Gasteiger partial charge < -0.3 is 9.73 Å². The molecule has 0 aromatic carbocycles. The summed E-state index contributed by atoms with van der Waals surface area (Å²) in [7, 11) is 1.90. The second-order valence-electron chi connectivity index (χ2n) is 3.76. The average Bonchev–Trinajstić information content (AvgIpc) is 2.76. The van der Waals surface area contributed by atoms with Crippen LogP contribution in [0.5, 0.6) is 0 Å². The quantitative estimate of drug-likeness (QED) is 0.842. The zero-order chi connectivity index (χ0) is 11.5. The van der Waals surface area contributed by atoms with E-state index < -0.39 is 0 Å². The van der Waals surface area contributed by atoms with Gasteiger partial charge >= 0.3 is 0 Å². The van der Waals surface area contributed by atoms with Crippen molar-refractivity contribution in [3.8, 4) is 0 Å². The maximum absolute atomic E-state index is 5.64. The van der Waals surface area contributed by atoms with Crippen LogP contribution in [0.4, 0.5) is 0 Å².